The van der Waals surface area contributed by atoms with Gasteiger partial charge in [0.05, 0.1) is 25.3 Å². The summed E-state index contributed by atoms with van der Waals surface area (Å²) < 4.78 is 16.1. The Balaban J connectivity index is 1.79. The summed E-state index contributed by atoms with van der Waals surface area (Å²) in [6.07, 6.45) is 0. The molecule has 1 N–H and O–H groups in total. The van der Waals surface area contributed by atoms with Crippen molar-refractivity contribution >= 4 is 45.0 Å². The Morgan fingerprint density at radius 3 is 2.65 bits per heavy atom. The SMILES string of the molecule is COC(=O)c1sc(NN=c2cc(-c3ccc(OC)cc3)oc3ccc(Cl)cc23)nc1C. The summed E-state index contributed by atoms with van der Waals surface area (Å²) >= 11 is 7.36. The molecule has 0 amide bonds. The summed E-state index contributed by atoms with van der Waals surface area (Å²) in [7, 11) is 2.96. The van der Waals surface area contributed by atoms with Crippen LogP contribution in [0.1, 0.15) is 15.4 Å². The number of carbonyl (C=O) groups excluding carboxylic acids is 1. The van der Waals surface area contributed by atoms with Crippen molar-refractivity contribution in [1.29, 1.82) is 0 Å². The molecule has 4 rings (SSSR count). The molecule has 0 radical (unpaired) electrons. The zero-order valence-corrected chi connectivity index (χ0v) is 18.5. The molecule has 0 unspecified atom stereocenters. The van der Waals surface area contributed by atoms with Gasteiger partial charge in [-0.05, 0) is 49.4 Å². The predicted molar refractivity (Wildman–Crippen MR) is 121 cm³/mol. The summed E-state index contributed by atoms with van der Waals surface area (Å²) in [5.41, 5.74) is 5.00. The van der Waals surface area contributed by atoms with Crippen LogP contribution in [0.2, 0.25) is 5.02 Å². The lowest BCUT2D eigenvalue weighted by Crippen LogP contribution is -2.07. The zero-order valence-electron chi connectivity index (χ0n) is 16.9. The van der Waals surface area contributed by atoms with Gasteiger partial charge in [0.25, 0.3) is 0 Å². The average Bonchev–Trinajstić information content (AvgIpc) is 3.17. The molecular weight excluding hydrogens is 438 g/mol. The molecule has 0 saturated heterocycles. The van der Waals surface area contributed by atoms with Gasteiger partial charge in [-0.3, -0.25) is 5.43 Å². The van der Waals surface area contributed by atoms with Crippen molar-refractivity contribution < 1.29 is 18.7 Å². The number of methoxy groups -OCH3 is 2. The fourth-order valence-electron chi connectivity index (χ4n) is 2.97. The van der Waals surface area contributed by atoms with E-state index in [9.17, 15) is 4.79 Å². The van der Waals surface area contributed by atoms with Crippen LogP contribution >= 0.6 is 22.9 Å². The van der Waals surface area contributed by atoms with E-state index in [0.29, 0.717) is 37.4 Å². The van der Waals surface area contributed by atoms with E-state index in [-0.39, 0.29) is 0 Å². The van der Waals surface area contributed by atoms with Crippen LogP contribution in [0.3, 0.4) is 0 Å². The Bertz CT molecular complexity index is 1330. The predicted octanol–water partition coefficient (Wildman–Crippen LogP) is 5.24. The second kappa shape index (κ2) is 8.79. The molecule has 0 fully saturated rings. The number of hydrogen-bond acceptors (Lipinski definition) is 8. The molecule has 158 valence electrons. The van der Waals surface area contributed by atoms with Crippen LogP contribution < -0.4 is 15.5 Å². The number of aryl methyl sites for hydroxylation is 1. The van der Waals surface area contributed by atoms with Crippen molar-refractivity contribution in [3.05, 3.63) is 69.5 Å². The molecule has 2 heterocycles. The van der Waals surface area contributed by atoms with E-state index in [1.807, 2.05) is 30.3 Å². The number of halogens is 1. The number of esters is 1. The van der Waals surface area contributed by atoms with Crippen LogP contribution in [0.15, 0.2) is 58.0 Å². The maximum atomic E-state index is 11.8. The molecule has 0 aliphatic carbocycles. The minimum Gasteiger partial charge on any atom is -0.497 e. The Kier molecular flexibility index (Phi) is 5.92. The van der Waals surface area contributed by atoms with Crippen LogP contribution in [0.5, 0.6) is 5.75 Å². The van der Waals surface area contributed by atoms with Crippen molar-refractivity contribution in [3.8, 4) is 17.1 Å². The smallest absolute Gasteiger partial charge is 0.350 e. The largest absolute Gasteiger partial charge is 0.497 e. The lowest BCUT2D eigenvalue weighted by molar-refractivity contribution is 0.0605. The van der Waals surface area contributed by atoms with Crippen LogP contribution in [0.25, 0.3) is 22.3 Å². The molecule has 2 aromatic heterocycles. The number of aromatic nitrogens is 1. The Hall–Kier alpha value is -3.36. The lowest BCUT2D eigenvalue weighted by atomic mass is 10.1. The highest BCUT2D eigenvalue weighted by atomic mass is 35.5. The minimum absolute atomic E-state index is 0.426. The molecule has 0 aliphatic rings. The Labute approximate surface area is 186 Å². The number of nitrogens with one attached hydrogen (secondary N) is 1. The van der Waals surface area contributed by atoms with Gasteiger partial charge in [0, 0.05) is 22.0 Å². The molecule has 7 nitrogen and oxygen atoms in total. The van der Waals surface area contributed by atoms with Gasteiger partial charge in [0.15, 0.2) is 0 Å². The number of fused-ring (bicyclic) bond motifs is 1. The van der Waals surface area contributed by atoms with Crippen LogP contribution in [0.4, 0.5) is 5.13 Å². The van der Waals surface area contributed by atoms with Crippen molar-refractivity contribution in [2.24, 2.45) is 5.10 Å². The van der Waals surface area contributed by atoms with Gasteiger partial charge in [-0.1, -0.05) is 22.9 Å². The Morgan fingerprint density at radius 1 is 1.16 bits per heavy atom. The summed E-state index contributed by atoms with van der Waals surface area (Å²) in [6.45, 7) is 1.74. The van der Waals surface area contributed by atoms with Crippen molar-refractivity contribution in [1.82, 2.24) is 4.98 Å². The number of rotatable bonds is 5. The quantitative estimate of drug-likeness (QED) is 0.327. The third-order valence-electron chi connectivity index (χ3n) is 4.52. The van der Waals surface area contributed by atoms with E-state index < -0.39 is 5.97 Å². The van der Waals surface area contributed by atoms with Gasteiger partial charge >= 0.3 is 5.97 Å². The van der Waals surface area contributed by atoms with Crippen molar-refractivity contribution in [3.63, 3.8) is 0 Å². The molecule has 9 heteroatoms. The number of hydrogen-bond donors (Lipinski definition) is 1. The highest BCUT2D eigenvalue weighted by molar-refractivity contribution is 7.17. The van der Waals surface area contributed by atoms with Gasteiger partial charge in [-0.25, -0.2) is 9.78 Å². The number of thiazole rings is 1. The van der Waals surface area contributed by atoms with Gasteiger partial charge in [0.2, 0.25) is 5.13 Å². The zero-order chi connectivity index (χ0) is 22.0. The van der Waals surface area contributed by atoms with E-state index in [1.165, 1.54) is 18.4 Å². The molecule has 0 aliphatic heterocycles. The number of carbonyl (C=O) groups is 1. The van der Waals surface area contributed by atoms with Crippen LogP contribution in [-0.4, -0.2) is 25.2 Å². The fourth-order valence-corrected chi connectivity index (χ4v) is 3.96. The first-order valence-electron chi connectivity index (χ1n) is 9.22. The van der Waals surface area contributed by atoms with Crippen LogP contribution in [0, 0.1) is 6.92 Å². The van der Waals surface area contributed by atoms with Gasteiger partial charge in [0.1, 0.15) is 22.0 Å². The molecule has 31 heavy (non-hydrogen) atoms. The molecule has 4 aromatic rings. The molecular formula is C22H18ClN3O4S. The lowest BCUT2D eigenvalue weighted by Gasteiger charge is -2.06. The fraction of sp³-hybridized carbons (Fsp3) is 0.136. The maximum Gasteiger partial charge on any atom is 0.350 e. The first-order valence-corrected chi connectivity index (χ1v) is 10.4. The number of benzene rings is 2. The monoisotopic (exact) mass is 455 g/mol. The highest BCUT2D eigenvalue weighted by Crippen LogP contribution is 2.26. The molecule has 0 spiro atoms. The molecule has 0 bridgehead atoms. The van der Waals surface area contributed by atoms with Gasteiger partial charge in [-0.2, -0.15) is 5.10 Å². The van der Waals surface area contributed by atoms with Crippen molar-refractivity contribution in [2.45, 2.75) is 6.92 Å². The minimum atomic E-state index is -0.430. The van der Waals surface area contributed by atoms with E-state index in [2.05, 4.69) is 15.5 Å². The van der Waals surface area contributed by atoms with Gasteiger partial charge < -0.3 is 13.9 Å². The van der Waals surface area contributed by atoms with Crippen LogP contribution in [-0.2, 0) is 4.74 Å². The first kappa shape index (κ1) is 20.9. The Morgan fingerprint density at radius 2 is 1.94 bits per heavy atom. The number of ether oxygens (including phenoxy) is 2. The normalized spacial score (nSPS) is 11.5. The second-order valence-corrected chi connectivity index (χ2v) is 7.95. The summed E-state index contributed by atoms with van der Waals surface area (Å²) in [6, 6.07) is 14.7. The average molecular weight is 456 g/mol. The third-order valence-corrected chi connectivity index (χ3v) is 5.80. The van der Waals surface area contributed by atoms with E-state index >= 15 is 0 Å². The third kappa shape index (κ3) is 4.40. The van der Waals surface area contributed by atoms with E-state index in [0.717, 1.165) is 16.7 Å². The maximum absolute atomic E-state index is 11.8. The number of anilines is 1. The second-order valence-electron chi connectivity index (χ2n) is 6.51. The number of nitrogens with zero attached hydrogens (tertiary/aromatic N) is 2. The molecule has 0 atom stereocenters. The standard InChI is InChI=1S/C22H18ClN3O4S/c1-12-20(21(27)29-3)31-22(24-12)26-25-17-11-19(13-4-7-15(28-2)8-5-13)30-18-9-6-14(23)10-16(17)18/h4-11H,1-3H3,(H,24,26). The van der Waals surface area contributed by atoms with Crippen molar-refractivity contribution in [2.75, 3.05) is 19.6 Å². The van der Waals surface area contributed by atoms with E-state index in [4.69, 9.17) is 25.5 Å². The molecule has 2 aromatic carbocycles. The summed E-state index contributed by atoms with van der Waals surface area (Å²) in [5, 5.41) is 6.89. The summed E-state index contributed by atoms with van der Waals surface area (Å²) in [4.78, 5) is 16.6. The molecule has 0 saturated carbocycles. The first-order chi connectivity index (χ1) is 15.0. The van der Waals surface area contributed by atoms with E-state index in [1.54, 1.807) is 32.2 Å². The highest BCUT2D eigenvalue weighted by Gasteiger charge is 2.15. The topological polar surface area (TPSA) is 86.0 Å². The van der Waals surface area contributed by atoms with Gasteiger partial charge in [-0.15, -0.1) is 0 Å². The summed E-state index contributed by atoms with van der Waals surface area (Å²) in [5.74, 6) is 0.952.